The Kier molecular flexibility index (Phi) is 3.92. The summed E-state index contributed by atoms with van der Waals surface area (Å²) in [6, 6.07) is 4.63. The fraction of sp³-hybridized carbons (Fsp3) is 0.294. The molecule has 2 aromatic rings. The SMILES string of the molecule is CCC1Cc2cc(OC)c(O)cc2-c2cc(=O)c(C(=O)N=O)cn21. The van der Waals surface area contributed by atoms with E-state index in [4.69, 9.17) is 4.74 Å². The van der Waals surface area contributed by atoms with Crippen LogP contribution in [0.25, 0.3) is 11.3 Å². The molecule has 7 heteroatoms. The number of methoxy groups -OCH3 is 1. The van der Waals surface area contributed by atoms with Crippen molar-refractivity contribution in [1.82, 2.24) is 4.57 Å². The highest BCUT2D eigenvalue weighted by Crippen LogP contribution is 2.41. The summed E-state index contributed by atoms with van der Waals surface area (Å²) in [6.07, 6.45) is 2.81. The lowest BCUT2D eigenvalue weighted by atomic mass is 9.90. The minimum absolute atomic E-state index is 0.0144. The summed E-state index contributed by atoms with van der Waals surface area (Å²) < 4.78 is 6.95. The van der Waals surface area contributed by atoms with Gasteiger partial charge in [0, 0.05) is 29.0 Å². The van der Waals surface area contributed by atoms with Gasteiger partial charge in [0.15, 0.2) is 16.9 Å². The zero-order valence-electron chi connectivity index (χ0n) is 13.3. The number of phenolic OH excluding ortho intramolecular Hbond substituents is 1. The number of hydrogen-bond donors (Lipinski definition) is 1. The van der Waals surface area contributed by atoms with Crippen LogP contribution < -0.4 is 10.2 Å². The maximum absolute atomic E-state index is 12.2. The van der Waals surface area contributed by atoms with E-state index < -0.39 is 11.3 Å². The Morgan fingerprint density at radius 1 is 1.42 bits per heavy atom. The highest BCUT2D eigenvalue weighted by molar-refractivity contribution is 5.94. The van der Waals surface area contributed by atoms with E-state index in [1.54, 1.807) is 16.7 Å². The molecule has 1 aliphatic heterocycles. The van der Waals surface area contributed by atoms with E-state index in [-0.39, 0.29) is 17.4 Å². The smallest absolute Gasteiger partial charge is 0.322 e. The maximum Gasteiger partial charge on any atom is 0.322 e. The van der Waals surface area contributed by atoms with Crippen molar-refractivity contribution in [3.8, 4) is 22.8 Å². The molecular weight excluding hydrogens is 312 g/mol. The van der Waals surface area contributed by atoms with Crippen LogP contribution in [0.1, 0.15) is 35.3 Å². The van der Waals surface area contributed by atoms with Crippen LogP contribution >= 0.6 is 0 Å². The second kappa shape index (κ2) is 5.92. The number of nitroso groups, excluding NO2 is 1. The topological polar surface area (TPSA) is 98.0 Å². The number of carbonyl (C=O) groups excluding carboxylic acids is 1. The van der Waals surface area contributed by atoms with Crippen molar-refractivity contribution >= 4 is 5.91 Å². The monoisotopic (exact) mass is 328 g/mol. The molecule has 0 bridgehead atoms. The summed E-state index contributed by atoms with van der Waals surface area (Å²) in [4.78, 5) is 34.2. The first-order valence-electron chi connectivity index (χ1n) is 7.54. The molecule has 0 aliphatic carbocycles. The molecule has 0 saturated carbocycles. The average Bonchev–Trinajstić information content (AvgIpc) is 2.59. The third-order valence-electron chi connectivity index (χ3n) is 4.39. The van der Waals surface area contributed by atoms with Gasteiger partial charge in [0.05, 0.1) is 12.8 Å². The summed E-state index contributed by atoms with van der Waals surface area (Å²) in [7, 11) is 1.48. The number of aromatic hydroxyl groups is 1. The number of phenols is 1. The van der Waals surface area contributed by atoms with Gasteiger partial charge in [-0.05, 0) is 30.5 Å². The number of carbonyl (C=O) groups is 1. The predicted octanol–water partition coefficient (Wildman–Crippen LogP) is 2.64. The van der Waals surface area contributed by atoms with E-state index in [1.807, 2.05) is 6.92 Å². The molecule has 3 rings (SSSR count). The van der Waals surface area contributed by atoms with Gasteiger partial charge >= 0.3 is 5.91 Å². The van der Waals surface area contributed by atoms with E-state index in [9.17, 15) is 19.6 Å². The fourth-order valence-corrected chi connectivity index (χ4v) is 3.15. The Balaban J connectivity index is 2.28. The molecule has 1 atom stereocenters. The first kappa shape index (κ1) is 15.9. The van der Waals surface area contributed by atoms with E-state index in [0.29, 0.717) is 23.4 Å². The predicted molar refractivity (Wildman–Crippen MR) is 87.5 cm³/mol. The molecule has 1 aromatic carbocycles. The lowest BCUT2D eigenvalue weighted by Crippen LogP contribution is -2.25. The van der Waals surface area contributed by atoms with Crippen LogP contribution in [0.2, 0.25) is 0 Å². The second-order valence-corrected chi connectivity index (χ2v) is 5.69. The Hall–Kier alpha value is -2.96. The Bertz CT molecular complexity index is 901. The van der Waals surface area contributed by atoms with Crippen molar-refractivity contribution < 1.29 is 14.6 Å². The Morgan fingerprint density at radius 2 is 2.17 bits per heavy atom. The van der Waals surface area contributed by atoms with Gasteiger partial charge < -0.3 is 14.4 Å². The molecule has 1 aliphatic rings. The van der Waals surface area contributed by atoms with Gasteiger partial charge in [0.2, 0.25) is 0 Å². The number of fused-ring (bicyclic) bond motifs is 3. The van der Waals surface area contributed by atoms with Crippen LogP contribution in [0, 0.1) is 4.91 Å². The molecular formula is C17H16N2O5. The maximum atomic E-state index is 12.2. The van der Waals surface area contributed by atoms with Gasteiger partial charge in [0.1, 0.15) is 5.56 Å². The highest BCUT2D eigenvalue weighted by Gasteiger charge is 2.26. The average molecular weight is 328 g/mol. The van der Waals surface area contributed by atoms with Crippen LogP contribution in [-0.4, -0.2) is 22.7 Å². The van der Waals surface area contributed by atoms with Gasteiger partial charge in [0.25, 0.3) is 0 Å². The van der Waals surface area contributed by atoms with Crippen LogP contribution in [-0.2, 0) is 6.42 Å². The van der Waals surface area contributed by atoms with E-state index in [2.05, 4.69) is 5.18 Å². The van der Waals surface area contributed by atoms with E-state index >= 15 is 0 Å². The van der Waals surface area contributed by atoms with Crippen molar-refractivity contribution in [2.24, 2.45) is 5.18 Å². The minimum Gasteiger partial charge on any atom is -0.504 e. The zero-order chi connectivity index (χ0) is 17.4. The first-order valence-corrected chi connectivity index (χ1v) is 7.54. The second-order valence-electron chi connectivity index (χ2n) is 5.69. The van der Waals surface area contributed by atoms with E-state index in [1.165, 1.54) is 19.4 Å². The van der Waals surface area contributed by atoms with Gasteiger partial charge in [-0.1, -0.05) is 6.92 Å². The summed E-state index contributed by atoms with van der Waals surface area (Å²) in [6.45, 7) is 1.99. The van der Waals surface area contributed by atoms with Crippen molar-refractivity contribution in [2.45, 2.75) is 25.8 Å². The molecule has 1 N–H and O–H groups in total. The number of rotatable bonds is 3. The number of nitrogens with zero attached hydrogens (tertiary/aromatic N) is 2. The molecule has 1 aromatic heterocycles. The van der Waals surface area contributed by atoms with Crippen LogP contribution in [0.4, 0.5) is 0 Å². The van der Waals surface area contributed by atoms with Crippen molar-refractivity contribution in [3.05, 3.63) is 50.7 Å². The number of hydrogen-bond acceptors (Lipinski definition) is 5. The molecule has 0 spiro atoms. The van der Waals surface area contributed by atoms with Gasteiger partial charge in [-0.3, -0.25) is 9.59 Å². The van der Waals surface area contributed by atoms with Crippen molar-refractivity contribution in [3.63, 3.8) is 0 Å². The molecule has 0 saturated heterocycles. The van der Waals surface area contributed by atoms with Gasteiger partial charge in [-0.25, -0.2) is 0 Å². The van der Waals surface area contributed by atoms with Gasteiger partial charge in [-0.2, -0.15) is 0 Å². The Labute approximate surface area is 137 Å². The molecule has 24 heavy (non-hydrogen) atoms. The largest absolute Gasteiger partial charge is 0.504 e. The normalized spacial score (nSPS) is 15.3. The van der Waals surface area contributed by atoms with Crippen LogP contribution in [0.5, 0.6) is 11.5 Å². The molecule has 1 unspecified atom stereocenters. The lowest BCUT2D eigenvalue weighted by Gasteiger charge is -2.30. The first-order chi connectivity index (χ1) is 11.5. The van der Waals surface area contributed by atoms with Crippen molar-refractivity contribution in [1.29, 1.82) is 0 Å². The van der Waals surface area contributed by atoms with Gasteiger partial charge in [-0.15, -0.1) is 4.91 Å². The molecule has 2 heterocycles. The molecule has 0 fully saturated rings. The number of amides is 1. The number of aromatic nitrogens is 1. The summed E-state index contributed by atoms with van der Waals surface area (Å²) in [5.74, 6) is -0.732. The van der Waals surface area contributed by atoms with E-state index in [0.717, 1.165) is 12.0 Å². The summed E-state index contributed by atoms with van der Waals surface area (Å²) in [5, 5.41) is 12.4. The quantitative estimate of drug-likeness (QED) is 0.873. The number of benzene rings is 1. The minimum atomic E-state index is -1.08. The number of ether oxygens (including phenoxy) is 1. The lowest BCUT2D eigenvalue weighted by molar-refractivity contribution is 0.0999. The molecule has 7 nitrogen and oxygen atoms in total. The van der Waals surface area contributed by atoms with Crippen molar-refractivity contribution in [2.75, 3.05) is 7.11 Å². The molecule has 1 amide bonds. The number of pyridine rings is 1. The third kappa shape index (κ3) is 2.38. The summed E-state index contributed by atoms with van der Waals surface area (Å²) >= 11 is 0. The fourth-order valence-electron chi connectivity index (χ4n) is 3.15. The molecule has 124 valence electrons. The summed E-state index contributed by atoms with van der Waals surface area (Å²) in [5.41, 5.74) is 1.43. The highest BCUT2D eigenvalue weighted by atomic mass is 16.5. The standard InChI is InChI=1S/C17H16N2O5/c1-3-10-4-9-5-16(24-2)15(21)6-11(9)13-7-14(20)12(8-19(10)13)17(22)18-23/h5-8,10,21H,3-4H2,1-2H3. The molecule has 0 radical (unpaired) electrons. The van der Waals surface area contributed by atoms with Crippen LogP contribution in [0.3, 0.4) is 0 Å². The zero-order valence-corrected chi connectivity index (χ0v) is 13.3. The Morgan fingerprint density at radius 3 is 2.79 bits per heavy atom. The third-order valence-corrected chi connectivity index (χ3v) is 4.39. The van der Waals surface area contributed by atoms with Crippen LogP contribution in [0.15, 0.2) is 34.4 Å².